The van der Waals surface area contributed by atoms with Crippen molar-refractivity contribution in [2.45, 2.75) is 38.9 Å². The number of ether oxygens (including phenoxy) is 1. The molecule has 3 rings (SSSR count). The Morgan fingerprint density at radius 2 is 2.31 bits per heavy atom. The Labute approximate surface area is 94.1 Å². The molecule has 1 fully saturated rings. The topological polar surface area (TPSA) is 50.8 Å². The average Bonchev–Trinajstić information content (AvgIpc) is 2.83. The zero-order valence-corrected chi connectivity index (χ0v) is 9.53. The first-order valence-corrected chi connectivity index (χ1v) is 5.70. The largest absolute Gasteiger partial charge is 0.367 e. The van der Waals surface area contributed by atoms with Crippen molar-refractivity contribution in [2.75, 3.05) is 0 Å². The summed E-state index contributed by atoms with van der Waals surface area (Å²) < 4.78 is 5.79. The molecular formula is C12H15N3O. The lowest BCUT2D eigenvalue weighted by Gasteiger charge is -2.06. The number of nitrogens with zero attached hydrogens (tertiary/aromatic N) is 2. The third kappa shape index (κ3) is 1.59. The zero-order valence-electron chi connectivity index (χ0n) is 9.53. The van der Waals surface area contributed by atoms with Crippen molar-refractivity contribution in [3.05, 3.63) is 23.7 Å². The molecule has 2 aromatic rings. The summed E-state index contributed by atoms with van der Waals surface area (Å²) in [5.41, 5.74) is 2.92. The molecule has 3 heterocycles. The summed E-state index contributed by atoms with van der Waals surface area (Å²) in [6, 6.07) is 2.07. The lowest BCUT2D eigenvalue weighted by atomic mass is 10.2. The normalized spacial score (nSPS) is 25.4. The zero-order chi connectivity index (χ0) is 11.1. The number of fused-ring (bicyclic) bond motifs is 1. The van der Waals surface area contributed by atoms with Crippen LogP contribution in [0.1, 0.15) is 37.3 Å². The van der Waals surface area contributed by atoms with E-state index in [-0.39, 0.29) is 6.10 Å². The minimum absolute atomic E-state index is 0.115. The molecular weight excluding hydrogens is 202 g/mol. The van der Waals surface area contributed by atoms with Gasteiger partial charge in [-0.3, -0.25) is 0 Å². The molecule has 2 atom stereocenters. The maximum absolute atomic E-state index is 5.79. The van der Waals surface area contributed by atoms with Gasteiger partial charge < -0.3 is 9.72 Å². The predicted octanol–water partition coefficient (Wildman–Crippen LogP) is 2.51. The molecule has 0 bridgehead atoms. The van der Waals surface area contributed by atoms with Gasteiger partial charge in [0, 0.05) is 6.20 Å². The van der Waals surface area contributed by atoms with Crippen LogP contribution in [-0.2, 0) is 4.74 Å². The lowest BCUT2D eigenvalue weighted by molar-refractivity contribution is 0.0510. The van der Waals surface area contributed by atoms with Gasteiger partial charge in [-0.15, -0.1) is 0 Å². The Morgan fingerprint density at radius 1 is 1.44 bits per heavy atom. The maximum Gasteiger partial charge on any atom is 0.177 e. The number of hydrogen-bond acceptors (Lipinski definition) is 3. The highest BCUT2D eigenvalue weighted by atomic mass is 16.5. The van der Waals surface area contributed by atoms with Gasteiger partial charge in [-0.1, -0.05) is 0 Å². The van der Waals surface area contributed by atoms with Crippen LogP contribution in [0.3, 0.4) is 0 Å². The molecule has 0 spiro atoms. The van der Waals surface area contributed by atoms with Crippen LogP contribution in [-0.4, -0.2) is 21.1 Å². The van der Waals surface area contributed by atoms with Gasteiger partial charge >= 0.3 is 0 Å². The van der Waals surface area contributed by atoms with Crippen molar-refractivity contribution < 1.29 is 4.74 Å². The second-order valence-electron chi connectivity index (χ2n) is 4.52. The summed E-state index contributed by atoms with van der Waals surface area (Å²) in [4.78, 5) is 12.1. The van der Waals surface area contributed by atoms with Gasteiger partial charge in [-0.05, 0) is 38.3 Å². The molecule has 84 valence electrons. The highest BCUT2D eigenvalue weighted by molar-refractivity contribution is 5.71. The first kappa shape index (κ1) is 9.78. The summed E-state index contributed by atoms with van der Waals surface area (Å²) in [5, 5.41) is 0. The molecule has 4 heteroatoms. The molecule has 1 N–H and O–H groups in total. The fraction of sp³-hybridized carbons (Fsp3) is 0.500. The maximum atomic E-state index is 5.79. The first-order chi connectivity index (χ1) is 7.72. The van der Waals surface area contributed by atoms with Gasteiger partial charge in [0.05, 0.1) is 11.6 Å². The van der Waals surface area contributed by atoms with Gasteiger partial charge in [0.2, 0.25) is 0 Å². The molecule has 4 nitrogen and oxygen atoms in total. The number of imidazole rings is 1. The van der Waals surface area contributed by atoms with E-state index >= 15 is 0 Å². The van der Waals surface area contributed by atoms with Crippen LogP contribution in [0.2, 0.25) is 0 Å². The number of pyridine rings is 1. The van der Waals surface area contributed by atoms with Crippen LogP contribution in [0.15, 0.2) is 12.3 Å². The van der Waals surface area contributed by atoms with Crippen LogP contribution in [0.5, 0.6) is 0 Å². The van der Waals surface area contributed by atoms with Crippen molar-refractivity contribution in [3.63, 3.8) is 0 Å². The molecule has 1 aliphatic rings. The second-order valence-corrected chi connectivity index (χ2v) is 4.52. The highest BCUT2D eigenvalue weighted by Gasteiger charge is 2.25. The third-order valence-electron chi connectivity index (χ3n) is 3.03. The molecule has 0 radical (unpaired) electrons. The Bertz CT molecular complexity index is 520. The molecule has 1 saturated heterocycles. The number of aromatic amines is 1. The smallest absolute Gasteiger partial charge is 0.177 e. The van der Waals surface area contributed by atoms with Crippen molar-refractivity contribution in [1.29, 1.82) is 0 Å². The average molecular weight is 217 g/mol. The lowest BCUT2D eigenvalue weighted by Crippen LogP contribution is -2.02. The molecule has 1 aliphatic heterocycles. The minimum Gasteiger partial charge on any atom is -0.367 e. The quantitative estimate of drug-likeness (QED) is 0.798. The Hall–Kier alpha value is -1.42. The van der Waals surface area contributed by atoms with Crippen LogP contribution in [0.4, 0.5) is 0 Å². The van der Waals surface area contributed by atoms with E-state index in [1.54, 1.807) is 0 Å². The van der Waals surface area contributed by atoms with Gasteiger partial charge in [0.15, 0.2) is 5.65 Å². The SMILES string of the molecule is Cc1cnc2nc(C3CCC(C)O3)[nH]c2c1. The number of H-pyrrole nitrogens is 1. The van der Waals surface area contributed by atoms with E-state index in [9.17, 15) is 0 Å². The Morgan fingerprint density at radius 3 is 3.06 bits per heavy atom. The van der Waals surface area contributed by atoms with Crippen molar-refractivity contribution in [2.24, 2.45) is 0 Å². The fourth-order valence-corrected chi connectivity index (χ4v) is 2.18. The third-order valence-corrected chi connectivity index (χ3v) is 3.03. The summed E-state index contributed by atoms with van der Waals surface area (Å²) in [5.74, 6) is 0.914. The summed E-state index contributed by atoms with van der Waals surface area (Å²) in [6.45, 7) is 4.13. The van der Waals surface area contributed by atoms with E-state index in [1.807, 2.05) is 13.1 Å². The monoisotopic (exact) mass is 217 g/mol. The van der Waals surface area contributed by atoms with Gasteiger partial charge in [-0.25, -0.2) is 9.97 Å². The molecule has 0 aromatic carbocycles. The van der Waals surface area contributed by atoms with Gasteiger partial charge in [-0.2, -0.15) is 0 Å². The summed E-state index contributed by atoms with van der Waals surface area (Å²) in [7, 11) is 0. The van der Waals surface area contributed by atoms with Crippen molar-refractivity contribution >= 4 is 11.2 Å². The Kier molecular flexibility index (Phi) is 2.17. The van der Waals surface area contributed by atoms with Crippen LogP contribution >= 0.6 is 0 Å². The molecule has 16 heavy (non-hydrogen) atoms. The number of aromatic nitrogens is 3. The van der Waals surface area contributed by atoms with Crippen molar-refractivity contribution in [1.82, 2.24) is 15.0 Å². The summed E-state index contributed by atoms with van der Waals surface area (Å²) >= 11 is 0. The second kappa shape index (κ2) is 3.56. The van der Waals surface area contributed by atoms with E-state index in [0.717, 1.165) is 35.4 Å². The van der Waals surface area contributed by atoms with E-state index in [0.29, 0.717) is 6.10 Å². The minimum atomic E-state index is 0.115. The van der Waals surface area contributed by atoms with Gasteiger partial charge in [0.1, 0.15) is 11.9 Å². The van der Waals surface area contributed by atoms with E-state index < -0.39 is 0 Å². The summed E-state index contributed by atoms with van der Waals surface area (Å²) in [6.07, 6.45) is 4.44. The van der Waals surface area contributed by atoms with Crippen LogP contribution in [0, 0.1) is 6.92 Å². The van der Waals surface area contributed by atoms with Crippen LogP contribution in [0.25, 0.3) is 11.2 Å². The molecule has 2 aromatic heterocycles. The number of hydrogen-bond donors (Lipinski definition) is 1. The molecule has 0 aliphatic carbocycles. The molecule has 0 saturated carbocycles. The standard InChI is InChI=1S/C12H15N3O/c1-7-5-9-11(13-6-7)15-12(14-9)10-4-3-8(2)16-10/h5-6,8,10H,3-4H2,1-2H3,(H,13,14,15). The van der Waals surface area contributed by atoms with Crippen LogP contribution < -0.4 is 0 Å². The molecule has 0 amide bonds. The predicted molar refractivity (Wildman–Crippen MR) is 61.1 cm³/mol. The van der Waals surface area contributed by atoms with E-state index in [2.05, 4.69) is 27.9 Å². The van der Waals surface area contributed by atoms with Crippen molar-refractivity contribution in [3.8, 4) is 0 Å². The fourth-order valence-electron chi connectivity index (χ4n) is 2.18. The number of nitrogens with one attached hydrogen (secondary N) is 1. The van der Waals surface area contributed by atoms with E-state index in [1.165, 1.54) is 0 Å². The first-order valence-electron chi connectivity index (χ1n) is 5.70. The Balaban J connectivity index is 1.99. The highest BCUT2D eigenvalue weighted by Crippen LogP contribution is 2.31. The molecule has 2 unspecified atom stereocenters. The number of rotatable bonds is 1. The van der Waals surface area contributed by atoms with Gasteiger partial charge in [0.25, 0.3) is 0 Å². The number of aryl methyl sites for hydroxylation is 1. The van der Waals surface area contributed by atoms with E-state index in [4.69, 9.17) is 4.74 Å².